The van der Waals surface area contributed by atoms with Crippen molar-refractivity contribution in [1.29, 1.82) is 0 Å². The van der Waals surface area contributed by atoms with Gasteiger partial charge in [0, 0.05) is 29.8 Å². The fourth-order valence-corrected chi connectivity index (χ4v) is 3.79. The maximum Gasteiger partial charge on any atom is 0.224 e. The molecule has 1 unspecified atom stereocenters. The molecule has 0 bridgehead atoms. The molecule has 0 spiro atoms. The van der Waals surface area contributed by atoms with Crippen molar-refractivity contribution in [2.45, 2.75) is 32.7 Å². The van der Waals surface area contributed by atoms with Crippen LogP contribution in [0.15, 0.2) is 53.0 Å². The molecule has 1 aliphatic rings. The summed E-state index contributed by atoms with van der Waals surface area (Å²) in [4.78, 5) is 14.6. The van der Waals surface area contributed by atoms with E-state index in [1.165, 1.54) is 18.5 Å². The summed E-state index contributed by atoms with van der Waals surface area (Å²) in [6, 6.07) is 16.5. The van der Waals surface area contributed by atoms with Gasteiger partial charge in [0.15, 0.2) is 0 Å². The number of nitrogens with one attached hydrogen (secondary N) is 1. The lowest BCUT2D eigenvalue weighted by Crippen LogP contribution is -2.34. The predicted octanol–water partition coefficient (Wildman–Crippen LogP) is 4.54. The first-order valence-electron chi connectivity index (χ1n) is 8.95. The molecular formula is C21H25BrN2O. The van der Waals surface area contributed by atoms with Crippen LogP contribution in [0.2, 0.25) is 0 Å². The molecule has 1 saturated heterocycles. The standard InChI is InChI=1S/C21H25BrN2O/c1-16-4-3-11-24(15-16)20-9-7-17(8-10-20)14-23-21(25)13-18-5-2-6-19(22)12-18/h2,5-10,12,16H,3-4,11,13-15H2,1H3,(H,23,25). The molecule has 25 heavy (non-hydrogen) atoms. The largest absolute Gasteiger partial charge is 0.371 e. The molecule has 0 aliphatic carbocycles. The summed E-state index contributed by atoms with van der Waals surface area (Å²) < 4.78 is 1.00. The van der Waals surface area contributed by atoms with Gasteiger partial charge >= 0.3 is 0 Å². The minimum absolute atomic E-state index is 0.0482. The van der Waals surface area contributed by atoms with Crippen molar-refractivity contribution >= 4 is 27.5 Å². The monoisotopic (exact) mass is 400 g/mol. The number of nitrogens with zero attached hydrogens (tertiary/aromatic N) is 1. The number of carbonyl (C=O) groups is 1. The maximum absolute atomic E-state index is 12.1. The van der Waals surface area contributed by atoms with Gasteiger partial charge in [-0.25, -0.2) is 0 Å². The van der Waals surface area contributed by atoms with E-state index in [1.807, 2.05) is 24.3 Å². The number of hydrogen-bond acceptors (Lipinski definition) is 2. The van der Waals surface area contributed by atoms with Crippen LogP contribution in [0.25, 0.3) is 0 Å². The number of hydrogen-bond donors (Lipinski definition) is 1. The van der Waals surface area contributed by atoms with Crippen LogP contribution in [0.4, 0.5) is 5.69 Å². The van der Waals surface area contributed by atoms with Crippen molar-refractivity contribution in [3.63, 3.8) is 0 Å². The molecule has 0 radical (unpaired) electrons. The van der Waals surface area contributed by atoms with Crippen LogP contribution in [0.5, 0.6) is 0 Å². The zero-order valence-corrected chi connectivity index (χ0v) is 16.3. The van der Waals surface area contributed by atoms with Crippen LogP contribution in [-0.4, -0.2) is 19.0 Å². The topological polar surface area (TPSA) is 32.3 Å². The molecule has 1 amide bonds. The summed E-state index contributed by atoms with van der Waals surface area (Å²) >= 11 is 3.44. The molecule has 3 rings (SSSR count). The number of anilines is 1. The summed E-state index contributed by atoms with van der Waals surface area (Å²) in [6.07, 6.45) is 3.01. The van der Waals surface area contributed by atoms with Crippen molar-refractivity contribution in [1.82, 2.24) is 5.32 Å². The highest BCUT2D eigenvalue weighted by Crippen LogP contribution is 2.23. The summed E-state index contributed by atoms with van der Waals surface area (Å²) in [6.45, 7) is 5.18. The normalized spacial score (nSPS) is 17.4. The van der Waals surface area contributed by atoms with Crippen molar-refractivity contribution in [3.05, 3.63) is 64.1 Å². The Hall–Kier alpha value is -1.81. The predicted molar refractivity (Wildman–Crippen MR) is 107 cm³/mol. The van der Waals surface area contributed by atoms with Gasteiger partial charge in [-0.2, -0.15) is 0 Å². The Morgan fingerprint density at radius 2 is 2.00 bits per heavy atom. The second-order valence-electron chi connectivity index (χ2n) is 6.94. The Morgan fingerprint density at radius 3 is 2.72 bits per heavy atom. The van der Waals surface area contributed by atoms with E-state index in [0.717, 1.165) is 34.6 Å². The Bertz CT molecular complexity index is 714. The smallest absolute Gasteiger partial charge is 0.224 e. The Kier molecular flexibility index (Phi) is 6.14. The first-order valence-corrected chi connectivity index (χ1v) is 9.74. The van der Waals surface area contributed by atoms with Gasteiger partial charge in [-0.1, -0.05) is 47.1 Å². The molecule has 2 aromatic rings. The number of piperidine rings is 1. The fourth-order valence-electron chi connectivity index (χ4n) is 3.34. The van der Waals surface area contributed by atoms with Gasteiger partial charge in [-0.05, 0) is 54.2 Å². The van der Waals surface area contributed by atoms with E-state index in [2.05, 4.69) is 57.3 Å². The third kappa shape index (κ3) is 5.33. The zero-order valence-electron chi connectivity index (χ0n) is 14.7. The molecule has 1 N–H and O–H groups in total. The van der Waals surface area contributed by atoms with Crippen LogP contribution in [0.1, 0.15) is 30.9 Å². The first-order chi connectivity index (χ1) is 12.1. The third-order valence-corrected chi connectivity index (χ3v) is 5.20. The summed E-state index contributed by atoms with van der Waals surface area (Å²) in [5.41, 5.74) is 3.44. The summed E-state index contributed by atoms with van der Waals surface area (Å²) in [5, 5.41) is 3.01. The van der Waals surface area contributed by atoms with Gasteiger partial charge in [0.2, 0.25) is 5.91 Å². The number of halogens is 1. The van der Waals surface area contributed by atoms with E-state index in [0.29, 0.717) is 13.0 Å². The second kappa shape index (κ2) is 8.52. The third-order valence-electron chi connectivity index (χ3n) is 4.70. The van der Waals surface area contributed by atoms with Gasteiger partial charge in [0.1, 0.15) is 0 Å². The van der Waals surface area contributed by atoms with Crippen LogP contribution < -0.4 is 10.2 Å². The summed E-state index contributed by atoms with van der Waals surface area (Å²) in [5.74, 6) is 0.817. The van der Waals surface area contributed by atoms with Crippen molar-refractivity contribution in [3.8, 4) is 0 Å². The quantitative estimate of drug-likeness (QED) is 0.798. The molecular weight excluding hydrogens is 376 g/mol. The Balaban J connectivity index is 1.50. The van der Waals surface area contributed by atoms with E-state index in [9.17, 15) is 4.79 Å². The highest BCUT2D eigenvalue weighted by atomic mass is 79.9. The van der Waals surface area contributed by atoms with Gasteiger partial charge < -0.3 is 10.2 Å². The van der Waals surface area contributed by atoms with Gasteiger partial charge in [0.25, 0.3) is 0 Å². The molecule has 3 nitrogen and oxygen atoms in total. The minimum atomic E-state index is 0.0482. The zero-order chi connectivity index (χ0) is 17.6. The molecule has 0 saturated carbocycles. The van der Waals surface area contributed by atoms with Gasteiger partial charge in [0.05, 0.1) is 6.42 Å². The average molecular weight is 401 g/mol. The van der Waals surface area contributed by atoms with Crippen LogP contribution >= 0.6 is 15.9 Å². The van der Waals surface area contributed by atoms with E-state index >= 15 is 0 Å². The van der Waals surface area contributed by atoms with Crippen LogP contribution in [-0.2, 0) is 17.8 Å². The molecule has 4 heteroatoms. The van der Waals surface area contributed by atoms with Crippen LogP contribution in [0, 0.1) is 5.92 Å². The molecule has 2 aromatic carbocycles. The molecule has 1 fully saturated rings. The molecule has 0 aromatic heterocycles. The molecule has 132 valence electrons. The Morgan fingerprint density at radius 1 is 1.20 bits per heavy atom. The number of rotatable bonds is 5. The maximum atomic E-state index is 12.1. The average Bonchev–Trinajstić information content (AvgIpc) is 2.60. The van der Waals surface area contributed by atoms with Gasteiger partial charge in [-0.15, -0.1) is 0 Å². The van der Waals surface area contributed by atoms with E-state index in [4.69, 9.17) is 0 Å². The van der Waals surface area contributed by atoms with E-state index in [1.54, 1.807) is 0 Å². The lowest BCUT2D eigenvalue weighted by Gasteiger charge is -2.32. The lowest BCUT2D eigenvalue weighted by molar-refractivity contribution is -0.120. The fraction of sp³-hybridized carbons (Fsp3) is 0.381. The van der Waals surface area contributed by atoms with Crippen molar-refractivity contribution in [2.75, 3.05) is 18.0 Å². The van der Waals surface area contributed by atoms with Crippen LogP contribution in [0.3, 0.4) is 0 Å². The van der Waals surface area contributed by atoms with Gasteiger partial charge in [-0.3, -0.25) is 4.79 Å². The van der Waals surface area contributed by atoms with Crippen molar-refractivity contribution < 1.29 is 4.79 Å². The first kappa shape index (κ1) is 18.0. The minimum Gasteiger partial charge on any atom is -0.371 e. The lowest BCUT2D eigenvalue weighted by atomic mass is 9.99. The molecule has 1 aliphatic heterocycles. The Labute approximate surface area is 158 Å². The number of benzene rings is 2. The van der Waals surface area contributed by atoms with E-state index < -0.39 is 0 Å². The molecule has 1 heterocycles. The highest BCUT2D eigenvalue weighted by Gasteiger charge is 2.16. The van der Waals surface area contributed by atoms with Crippen molar-refractivity contribution in [2.24, 2.45) is 5.92 Å². The molecule has 1 atom stereocenters. The second-order valence-corrected chi connectivity index (χ2v) is 7.86. The van der Waals surface area contributed by atoms with E-state index in [-0.39, 0.29) is 5.91 Å². The number of amides is 1. The summed E-state index contributed by atoms with van der Waals surface area (Å²) in [7, 11) is 0. The number of carbonyl (C=O) groups excluding carboxylic acids is 1. The highest BCUT2D eigenvalue weighted by molar-refractivity contribution is 9.10. The SMILES string of the molecule is CC1CCCN(c2ccc(CNC(=O)Cc3cccc(Br)c3)cc2)C1.